The molecule has 0 saturated heterocycles. The van der Waals surface area contributed by atoms with Crippen LogP contribution >= 0.6 is 11.6 Å². The van der Waals surface area contributed by atoms with Gasteiger partial charge in [-0.3, -0.25) is 14.4 Å². The number of nitrogens with zero attached hydrogens (tertiary/aromatic N) is 1. The van der Waals surface area contributed by atoms with Gasteiger partial charge < -0.3 is 15.8 Å². The number of hydrazone groups is 1. The minimum absolute atomic E-state index is 0.241. The fourth-order valence-corrected chi connectivity index (χ4v) is 2.33. The van der Waals surface area contributed by atoms with Crippen LogP contribution in [0.2, 0.25) is 5.02 Å². The molecule has 0 bridgehead atoms. The lowest BCUT2D eigenvalue weighted by Gasteiger charge is -2.06. The molecule has 4 N–H and O–H groups in total. The number of nitrogens with one attached hydrogen (secondary N) is 2. The number of nitrogens with two attached hydrogens (primary N) is 1. The summed E-state index contributed by atoms with van der Waals surface area (Å²) in [4.78, 5) is 34.4. The topological polar surface area (TPSA) is 123 Å². The van der Waals surface area contributed by atoms with Gasteiger partial charge in [0.05, 0.1) is 11.2 Å². The molecule has 0 aliphatic heterocycles. The highest BCUT2D eigenvalue weighted by Gasteiger charge is 2.12. The van der Waals surface area contributed by atoms with E-state index in [4.69, 9.17) is 22.1 Å². The SMILES string of the molecule is CCc1ccc(NC(=O)C(=O)N/N=C\c2ccc(OCC(N)=O)c(Cl)c2)cc1. The largest absolute Gasteiger partial charge is 0.482 e. The maximum Gasteiger partial charge on any atom is 0.329 e. The Morgan fingerprint density at radius 3 is 2.46 bits per heavy atom. The van der Waals surface area contributed by atoms with Gasteiger partial charge in [0.25, 0.3) is 5.91 Å². The van der Waals surface area contributed by atoms with Crippen molar-refractivity contribution in [1.82, 2.24) is 5.43 Å². The minimum Gasteiger partial charge on any atom is -0.482 e. The summed E-state index contributed by atoms with van der Waals surface area (Å²) in [5.74, 6) is -2.09. The quantitative estimate of drug-likeness (QED) is 0.371. The standard InChI is InChI=1S/C19H19ClN4O4/c1-2-12-3-6-14(7-4-12)23-18(26)19(27)24-22-10-13-5-8-16(15(20)9-13)28-11-17(21)25/h3-10H,2,11H2,1H3,(H2,21,25)(H,23,26)(H,24,27)/b22-10-. The van der Waals surface area contributed by atoms with Crippen LogP contribution in [0.5, 0.6) is 5.75 Å². The summed E-state index contributed by atoms with van der Waals surface area (Å²) in [6.45, 7) is 1.73. The number of carbonyl (C=O) groups is 3. The summed E-state index contributed by atoms with van der Waals surface area (Å²) in [6, 6.07) is 11.8. The second kappa shape index (κ2) is 10.1. The molecule has 0 aromatic heterocycles. The summed E-state index contributed by atoms with van der Waals surface area (Å²) >= 11 is 6.03. The van der Waals surface area contributed by atoms with Crippen molar-refractivity contribution in [3.8, 4) is 5.75 Å². The average Bonchev–Trinajstić information content (AvgIpc) is 2.67. The van der Waals surface area contributed by atoms with Crippen LogP contribution in [0.25, 0.3) is 0 Å². The van der Waals surface area contributed by atoms with Gasteiger partial charge in [-0.2, -0.15) is 5.10 Å². The number of hydrogen-bond acceptors (Lipinski definition) is 5. The molecule has 0 aliphatic rings. The van der Waals surface area contributed by atoms with Crippen LogP contribution in [0.4, 0.5) is 5.69 Å². The molecule has 2 aromatic carbocycles. The first-order valence-corrected chi connectivity index (χ1v) is 8.70. The first-order valence-electron chi connectivity index (χ1n) is 8.33. The smallest absolute Gasteiger partial charge is 0.329 e. The second-order valence-corrected chi connectivity index (χ2v) is 6.06. The molecule has 3 amide bonds. The van der Waals surface area contributed by atoms with Crippen LogP contribution < -0.4 is 21.2 Å². The second-order valence-electron chi connectivity index (χ2n) is 5.65. The van der Waals surface area contributed by atoms with Crippen molar-refractivity contribution in [1.29, 1.82) is 0 Å². The van der Waals surface area contributed by atoms with Crippen LogP contribution in [-0.4, -0.2) is 30.5 Å². The monoisotopic (exact) mass is 402 g/mol. The van der Waals surface area contributed by atoms with Crippen molar-refractivity contribution in [3.63, 3.8) is 0 Å². The van der Waals surface area contributed by atoms with E-state index < -0.39 is 17.7 Å². The van der Waals surface area contributed by atoms with Crippen molar-refractivity contribution >= 4 is 41.2 Å². The average molecular weight is 403 g/mol. The first-order chi connectivity index (χ1) is 13.4. The Bertz CT molecular complexity index is 897. The maximum atomic E-state index is 11.9. The number of rotatable bonds is 7. The lowest BCUT2D eigenvalue weighted by molar-refractivity contribution is -0.136. The molecule has 0 unspecified atom stereocenters. The van der Waals surface area contributed by atoms with Gasteiger partial charge in [-0.1, -0.05) is 30.7 Å². The number of amides is 3. The Morgan fingerprint density at radius 2 is 1.86 bits per heavy atom. The third-order valence-corrected chi connectivity index (χ3v) is 3.83. The number of anilines is 1. The molecular formula is C19H19ClN4O4. The molecule has 0 saturated carbocycles. The fraction of sp³-hybridized carbons (Fsp3) is 0.158. The van der Waals surface area contributed by atoms with E-state index in [2.05, 4.69) is 15.8 Å². The van der Waals surface area contributed by atoms with E-state index in [0.717, 1.165) is 12.0 Å². The normalized spacial score (nSPS) is 10.5. The van der Waals surface area contributed by atoms with Crippen LogP contribution in [0.15, 0.2) is 47.6 Å². The highest BCUT2D eigenvalue weighted by Crippen LogP contribution is 2.24. The van der Waals surface area contributed by atoms with Gasteiger partial charge in [-0.05, 0) is 47.9 Å². The Hall–Kier alpha value is -3.39. The predicted octanol–water partition coefficient (Wildman–Crippen LogP) is 1.86. The van der Waals surface area contributed by atoms with Gasteiger partial charge in [0, 0.05) is 5.69 Å². The van der Waals surface area contributed by atoms with Crippen LogP contribution in [-0.2, 0) is 20.8 Å². The highest BCUT2D eigenvalue weighted by atomic mass is 35.5. The Kier molecular flexibility index (Phi) is 7.53. The molecule has 2 aromatic rings. The molecule has 146 valence electrons. The molecule has 0 aliphatic carbocycles. The summed E-state index contributed by atoms with van der Waals surface area (Å²) in [6.07, 6.45) is 2.19. The molecule has 0 heterocycles. The number of ether oxygens (including phenoxy) is 1. The van der Waals surface area contributed by atoms with E-state index in [1.54, 1.807) is 18.2 Å². The molecule has 0 radical (unpaired) electrons. The fourth-order valence-electron chi connectivity index (χ4n) is 2.09. The third kappa shape index (κ3) is 6.40. The molecule has 0 atom stereocenters. The Labute approximate surface area is 166 Å². The number of halogens is 1. The van der Waals surface area contributed by atoms with Gasteiger partial charge in [-0.15, -0.1) is 0 Å². The van der Waals surface area contributed by atoms with Gasteiger partial charge in [0.1, 0.15) is 5.75 Å². The molecule has 9 heteroatoms. The van der Waals surface area contributed by atoms with Crippen molar-refractivity contribution < 1.29 is 19.1 Å². The lowest BCUT2D eigenvalue weighted by atomic mass is 10.1. The zero-order valence-corrected chi connectivity index (χ0v) is 15.8. The summed E-state index contributed by atoms with van der Waals surface area (Å²) in [5, 5.41) is 6.44. The molecular weight excluding hydrogens is 384 g/mol. The van der Waals surface area contributed by atoms with Crippen LogP contribution in [0, 0.1) is 0 Å². The molecule has 8 nitrogen and oxygen atoms in total. The first kappa shape index (κ1) is 20.9. The van der Waals surface area contributed by atoms with E-state index in [9.17, 15) is 14.4 Å². The number of hydrogen-bond donors (Lipinski definition) is 3. The third-order valence-electron chi connectivity index (χ3n) is 3.53. The van der Waals surface area contributed by atoms with E-state index in [-0.39, 0.29) is 17.4 Å². The van der Waals surface area contributed by atoms with Crippen molar-refractivity contribution in [2.45, 2.75) is 13.3 Å². The van der Waals surface area contributed by atoms with E-state index in [1.807, 2.05) is 19.1 Å². The zero-order valence-electron chi connectivity index (χ0n) is 15.1. The molecule has 0 spiro atoms. The van der Waals surface area contributed by atoms with Crippen LogP contribution in [0.1, 0.15) is 18.1 Å². The van der Waals surface area contributed by atoms with Crippen molar-refractivity contribution in [2.24, 2.45) is 10.8 Å². The van der Waals surface area contributed by atoms with Gasteiger partial charge in [0.15, 0.2) is 6.61 Å². The zero-order chi connectivity index (χ0) is 20.5. The summed E-state index contributed by atoms with van der Waals surface area (Å²) < 4.78 is 5.12. The summed E-state index contributed by atoms with van der Waals surface area (Å²) in [7, 11) is 0. The number of benzene rings is 2. The van der Waals surface area contributed by atoms with Gasteiger partial charge in [-0.25, -0.2) is 5.43 Å². The highest BCUT2D eigenvalue weighted by molar-refractivity contribution is 6.39. The predicted molar refractivity (Wildman–Crippen MR) is 106 cm³/mol. The maximum absolute atomic E-state index is 11.9. The van der Waals surface area contributed by atoms with Gasteiger partial charge >= 0.3 is 11.8 Å². The van der Waals surface area contributed by atoms with Crippen LogP contribution in [0.3, 0.4) is 0 Å². The Balaban J connectivity index is 1.88. The molecule has 0 fully saturated rings. The molecule has 28 heavy (non-hydrogen) atoms. The minimum atomic E-state index is -0.914. The van der Waals surface area contributed by atoms with Crippen molar-refractivity contribution in [3.05, 3.63) is 58.6 Å². The van der Waals surface area contributed by atoms with E-state index in [1.165, 1.54) is 18.3 Å². The van der Waals surface area contributed by atoms with E-state index in [0.29, 0.717) is 11.3 Å². The van der Waals surface area contributed by atoms with Gasteiger partial charge in [0.2, 0.25) is 0 Å². The number of aryl methyl sites for hydroxylation is 1. The van der Waals surface area contributed by atoms with E-state index >= 15 is 0 Å². The summed E-state index contributed by atoms with van der Waals surface area (Å²) in [5.41, 5.74) is 9.31. The van der Waals surface area contributed by atoms with Crippen molar-refractivity contribution in [2.75, 3.05) is 11.9 Å². The Morgan fingerprint density at radius 1 is 1.14 bits per heavy atom. The molecule has 2 rings (SSSR count). The number of carbonyl (C=O) groups excluding carboxylic acids is 3. The lowest BCUT2D eigenvalue weighted by Crippen LogP contribution is -2.32. The number of primary amides is 1.